The summed E-state index contributed by atoms with van der Waals surface area (Å²) in [5.41, 5.74) is 6.04. The maximum Gasteiger partial charge on any atom is 0.231 e. The van der Waals surface area contributed by atoms with E-state index in [0.29, 0.717) is 6.79 Å². The van der Waals surface area contributed by atoms with Crippen molar-refractivity contribution in [3.05, 3.63) is 53.7 Å². The number of benzene rings is 2. The molecule has 0 atom stereocenters. The average molecular weight is 275 g/mol. The van der Waals surface area contributed by atoms with E-state index in [9.17, 15) is 0 Å². The van der Waals surface area contributed by atoms with Gasteiger partial charge in [0.2, 0.25) is 6.79 Å². The highest BCUT2D eigenvalue weighted by molar-refractivity contribution is 5.87. The molecule has 0 N–H and O–H groups in total. The van der Waals surface area contributed by atoms with Gasteiger partial charge in [-0.2, -0.15) is 0 Å². The van der Waals surface area contributed by atoms with Crippen LogP contribution in [0.4, 0.5) is 0 Å². The Morgan fingerprint density at radius 3 is 2.67 bits per heavy atom. The molecule has 1 aliphatic carbocycles. The summed E-state index contributed by atoms with van der Waals surface area (Å²) in [5.74, 6) is 1.71. The lowest BCUT2D eigenvalue weighted by molar-refractivity contribution is 0.174. The number of ether oxygens (including phenoxy) is 2. The van der Waals surface area contributed by atoms with Gasteiger partial charge in [-0.3, -0.25) is 4.98 Å². The Morgan fingerprint density at radius 2 is 1.71 bits per heavy atom. The van der Waals surface area contributed by atoms with Gasteiger partial charge in [-0.1, -0.05) is 18.2 Å². The molecule has 0 radical (unpaired) electrons. The summed E-state index contributed by atoms with van der Waals surface area (Å²) < 4.78 is 11.0. The minimum absolute atomic E-state index is 0.320. The number of hydrogen-bond donors (Lipinski definition) is 0. The lowest BCUT2D eigenvalue weighted by Gasteiger charge is -2.20. The third kappa shape index (κ3) is 1.57. The third-order valence-corrected chi connectivity index (χ3v) is 4.32. The number of aromatic nitrogens is 1. The van der Waals surface area contributed by atoms with Gasteiger partial charge in [0.1, 0.15) is 0 Å². The first kappa shape index (κ1) is 11.1. The summed E-state index contributed by atoms with van der Waals surface area (Å²) >= 11 is 0. The highest BCUT2D eigenvalue weighted by Crippen LogP contribution is 2.42. The molecule has 102 valence electrons. The Balaban J connectivity index is 1.80. The van der Waals surface area contributed by atoms with Crippen LogP contribution >= 0.6 is 0 Å². The zero-order valence-electron chi connectivity index (χ0n) is 11.4. The molecule has 1 aliphatic heterocycles. The minimum atomic E-state index is 0.320. The van der Waals surface area contributed by atoms with E-state index < -0.39 is 0 Å². The minimum Gasteiger partial charge on any atom is -0.454 e. The van der Waals surface area contributed by atoms with Gasteiger partial charge < -0.3 is 9.47 Å². The molecule has 0 saturated carbocycles. The molecule has 0 amide bonds. The van der Waals surface area contributed by atoms with Crippen molar-refractivity contribution in [2.45, 2.75) is 12.8 Å². The third-order valence-electron chi connectivity index (χ3n) is 4.32. The van der Waals surface area contributed by atoms with Crippen molar-refractivity contribution in [3.63, 3.8) is 0 Å². The Morgan fingerprint density at radius 1 is 0.857 bits per heavy atom. The Bertz CT molecular complexity index is 886. The molecule has 2 aliphatic rings. The molecule has 5 rings (SSSR count). The first-order valence-electron chi connectivity index (χ1n) is 7.20. The van der Waals surface area contributed by atoms with Gasteiger partial charge in [-0.05, 0) is 48.2 Å². The highest BCUT2D eigenvalue weighted by atomic mass is 16.7. The quantitative estimate of drug-likeness (QED) is 0.626. The lowest BCUT2D eigenvalue weighted by Crippen LogP contribution is -2.06. The van der Waals surface area contributed by atoms with E-state index >= 15 is 0 Å². The van der Waals surface area contributed by atoms with Crippen molar-refractivity contribution >= 4 is 10.9 Å². The van der Waals surface area contributed by atoms with Crippen LogP contribution in [0.15, 0.2) is 42.5 Å². The zero-order chi connectivity index (χ0) is 13.8. The van der Waals surface area contributed by atoms with E-state index in [1.54, 1.807) is 0 Å². The van der Waals surface area contributed by atoms with E-state index in [4.69, 9.17) is 14.5 Å². The predicted molar refractivity (Wildman–Crippen MR) is 80.7 cm³/mol. The number of hydrogen-bond acceptors (Lipinski definition) is 3. The lowest BCUT2D eigenvalue weighted by atomic mass is 9.87. The SMILES string of the molecule is c1ccc2nc3c(cc2c1)-c1cc2c(cc1CC3)OCO2. The van der Waals surface area contributed by atoms with E-state index in [2.05, 4.69) is 36.4 Å². The molecule has 1 aromatic heterocycles. The first-order valence-corrected chi connectivity index (χ1v) is 7.20. The fourth-order valence-electron chi connectivity index (χ4n) is 3.27. The van der Waals surface area contributed by atoms with Gasteiger partial charge in [0.05, 0.1) is 5.52 Å². The smallest absolute Gasteiger partial charge is 0.231 e. The second-order valence-corrected chi connectivity index (χ2v) is 5.54. The van der Waals surface area contributed by atoms with E-state index in [0.717, 1.165) is 29.9 Å². The molecule has 3 aromatic rings. The number of fused-ring (bicyclic) bond motifs is 5. The topological polar surface area (TPSA) is 31.4 Å². The van der Waals surface area contributed by atoms with Crippen LogP contribution in [0.3, 0.4) is 0 Å². The molecule has 0 unspecified atom stereocenters. The van der Waals surface area contributed by atoms with Crippen LogP contribution in [0.5, 0.6) is 11.5 Å². The number of pyridine rings is 1. The normalized spacial score (nSPS) is 14.9. The van der Waals surface area contributed by atoms with Gasteiger partial charge >= 0.3 is 0 Å². The van der Waals surface area contributed by atoms with Gasteiger partial charge in [0.25, 0.3) is 0 Å². The van der Waals surface area contributed by atoms with Crippen molar-refractivity contribution in [1.29, 1.82) is 0 Å². The largest absolute Gasteiger partial charge is 0.454 e. The number of para-hydroxylation sites is 1. The first-order chi connectivity index (χ1) is 10.4. The zero-order valence-corrected chi connectivity index (χ0v) is 11.4. The van der Waals surface area contributed by atoms with Crippen molar-refractivity contribution in [2.75, 3.05) is 6.79 Å². The Labute approximate surface area is 122 Å². The number of aryl methyl sites for hydroxylation is 2. The van der Waals surface area contributed by atoms with Crippen molar-refractivity contribution in [2.24, 2.45) is 0 Å². The molecule has 2 heterocycles. The van der Waals surface area contributed by atoms with E-state index in [-0.39, 0.29) is 0 Å². The Hall–Kier alpha value is -2.55. The predicted octanol–water partition coefficient (Wildman–Crippen LogP) is 3.73. The van der Waals surface area contributed by atoms with Gasteiger partial charge in [0, 0.05) is 16.6 Å². The number of rotatable bonds is 0. The Kier molecular flexibility index (Phi) is 2.11. The second kappa shape index (κ2) is 3.98. The summed E-state index contributed by atoms with van der Waals surface area (Å²) in [6.45, 7) is 0.320. The summed E-state index contributed by atoms with van der Waals surface area (Å²) in [5, 5.41) is 1.18. The maximum absolute atomic E-state index is 5.52. The second-order valence-electron chi connectivity index (χ2n) is 5.54. The number of nitrogens with zero attached hydrogens (tertiary/aromatic N) is 1. The fourth-order valence-corrected chi connectivity index (χ4v) is 3.27. The van der Waals surface area contributed by atoms with Crippen LogP contribution < -0.4 is 9.47 Å². The van der Waals surface area contributed by atoms with E-state index in [1.165, 1.54) is 27.8 Å². The van der Waals surface area contributed by atoms with Gasteiger partial charge in [-0.25, -0.2) is 0 Å². The molecule has 0 spiro atoms. The van der Waals surface area contributed by atoms with Gasteiger partial charge in [-0.15, -0.1) is 0 Å². The molecule has 21 heavy (non-hydrogen) atoms. The molecule has 2 aromatic carbocycles. The molecule has 0 fully saturated rings. The van der Waals surface area contributed by atoms with E-state index in [1.807, 2.05) is 6.07 Å². The van der Waals surface area contributed by atoms with Crippen molar-refractivity contribution in [1.82, 2.24) is 4.98 Å². The maximum atomic E-state index is 5.52. The highest BCUT2D eigenvalue weighted by Gasteiger charge is 2.23. The van der Waals surface area contributed by atoms with Crippen molar-refractivity contribution < 1.29 is 9.47 Å². The van der Waals surface area contributed by atoms with Crippen LogP contribution in [0, 0.1) is 0 Å². The molecule has 3 heteroatoms. The molecule has 0 saturated heterocycles. The molecule has 3 nitrogen and oxygen atoms in total. The van der Waals surface area contributed by atoms with Crippen LogP contribution in [0.1, 0.15) is 11.3 Å². The summed E-state index contributed by atoms with van der Waals surface area (Å²) in [4.78, 5) is 4.84. The van der Waals surface area contributed by atoms with Gasteiger partial charge in [0.15, 0.2) is 11.5 Å². The summed E-state index contributed by atoms with van der Waals surface area (Å²) in [6.07, 6.45) is 1.98. The average Bonchev–Trinajstić information content (AvgIpc) is 2.98. The fraction of sp³-hybridized carbons (Fsp3) is 0.167. The van der Waals surface area contributed by atoms with Crippen molar-refractivity contribution in [3.8, 4) is 22.6 Å². The standard InChI is InChI=1S/C18H13NO2/c1-2-4-15-12(3-1)7-14-13-9-18-17(20-10-21-18)8-11(13)5-6-16(14)19-15/h1-4,7-9H,5-6,10H2. The summed E-state index contributed by atoms with van der Waals surface area (Å²) in [6, 6.07) is 14.8. The molecule has 0 bridgehead atoms. The van der Waals surface area contributed by atoms with Crippen LogP contribution in [-0.2, 0) is 12.8 Å². The summed E-state index contributed by atoms with van der Waals surface area (Å²) in [7, 11) is 0. The monoisotopic (exact) mass is 275 g/mol. The molecular weight excluding hydrogens is 262 g/mol. The van der Waals surface area contributed by atoms with Crippen LogP contribution in [0.2, 0.25) is 0 Å². The van der Waals surface area contributed by atoms with Crippen LogP contribution in [0.25, 0.3) is 22.0 Å². The molecular formula is C18H13NO2. The van der Waals surface area contributed by atoms with Crippen LogP contribution in [-0.4, -0.2) is 11.8 Å².